The number of morpholine rings is 1. The van der Waals surface area contributed by atoms with Crippen molar-refractivity contribution in [1.82, 2.24) is 19.7 Å². The van der Waals surface area contributed by atoms with Crippen molar-refractivity contribution in [3.05, 3.63) is 46.4 Å². The van der Waals surface area contributed by atoms with Crippen LogP contribution in [0, 0.1) is 6.92 Å². The first kappa shape index (κ1) is 20.2. The lowest BCUT2D eigenvalue weighted by atomic mass is 10.3. The Morgan fingerprint density at radius 2 is 1.93 bits per heavy atom. The second kappa shape index (κ2) is 8.65. The molecule has 4 N–H and O–H groups in total. The van der Waals surface area contributed by atoms with E-state index in [9.17, 15) is 13.2 Å². The Hall–Kier alpha value is -2.54. The average molecular weight is 425 g/mol. The van der Waals surface area contributed by atoms with Crippen LogP contribution in [0.4, 0.5) is 11.6 Å². The zero-order valence-corrected chi connectivity index (χ0v) is 16.7. The minimum Gasteiger partial charge on any atom is -0.379 e. The normalized spacial score (nSPS) is 15.0. The second-order valence-electron chi connectivity index (χ2n) is 5.98. The zero-order valence-electron chi connectivity index (χ0n) is 15.1. The number of benzene rings is 1. The van der Waals surface area contributed by atoms with E-state index in [1.165, 1.54) is 22.5 Å². The molecular formula is C16H20N6O4S2. The molecule has 0 saturated carbocycles. The van der Waals surface area contributed by atoms with Crippen molar-refractivity contribution >= 4 is 39.0 Å². The van der Waals surface area contributed by atoms with E-state index in [0.717, 1.165) is 0 Å². The lowest BCUT2D eigenvalue weighted by Gasteiger charge is -2.26. The maximum Gasteiger partial charge on any atom is 0.252 e. The topological polar surface area (TPSA) is 128 Å². The molecule has 0 atom stereocenters. The number of aromatic nitrogens is 2. The maximum absolute atomic E-state index is 12.6. The van der Waals surface area contributed by atoms with Crippen LogP contribution in [0.5, 0.6) is 0 Å². The fourth-order valence-corrected chi connectivity index (χ4v) is 4.14. The Labute approximate surface area is 167 Å². The van der Waals surface area contributed by atoms with Gasteiger partial charge in [-0.15, -0.1) is 0 Å². The largest absolute Gasteiger partial charge is 0.379 e. The standard InChI is InChI=1S/C16H20N6O4S2/c1-11-10-14(23)19-15(17-11)20-21-16(27)18-12-2-4-13(5-3-12)28(24,25)22-6-8-26-9-7-22/h2-5,10H,6-9H2,1H3,(H2,18,21,27)(H2,17,19,20,23). The summed E-state index contributed by atoms with van der Waals surface area (Å²) in [6, 6.07) is 7.64. The number of hydrogen-bond donors (Lipinski definition) is 4. The van der Waals surface area contributed by atoms with Crippen molar-refractivity contribution < 1.29 is 13.2 Å². The molecule has 0 unspecified atom stereocenters. The van der Waals surface area contributed by atoms with Gasteiger partial charge in [-0.25, -0.2) is 13.4 Å². The number of rotatable bonds is 5. The van der Waals surface area contributed by atoms with Gasteiger partial charge in [0.1, 0.15) is 0 Å². The molecule has 0 radical (unpaired) electrons. The quantitative estimate of drug-likeness (QED) is 0.398. The maximum atomic E-state index is 12.6. The third kappa shape index (κ3) is 5.04. The summed E-state index contributed by atoms with van der Waals surface area (Å²) in [5, 5.41) is 3.12. The molecule has 1 fully saturated rings. The molecule has 2 aromatic rings. The van der Waals surface area contributed by atoms with Gasteiger partial charge in [-0.05, 0) is 43.4 Å². The highest BCUT2D eigenvalue weighted by atomic mass is 32.2. The number of aromatic amines is 1. The predicted octanol–water partition coefficient (Wildman–Crippen LogP) is 0.413. The highest BCUT2D eigenvalue weighted by Crippen LogP contribution is 2.19. The molecule has 28 heavy (non-hydrogen) atoms. The second-order valence-corrected chi connectivity index (χ2v) is 8.33. The molecule has 1 aromatic heterocycles. The van der Waals surface area contributed by atoms with E-state index in [0.29, 0.717) is 37.7 Å². The molecule has 0 bridgehead atoms. The van der Waals surface area contributed by atoms with E-state index < -0.39 is 10.0 Å². The van der Waals surface area contributed by atoms with Crippen molar-refractivity contribution in [1.29, 1.82) is 0 Å². The molecule has 1 aromatic carbocycles. The number of nitrogens with one attached hydrogen (secondary N) is 4. The first-order valence-electron chi connectivity index (χ1n) is 8.43. The van der Waals surface area contributed by atoms with Crippen molar-refractivity contribution in [2.24, 2.45) is 0 Å². The summed E-state index contributed by atoms with van der Waals surface area (Å²) in [6.07, 6.45) is 0. The predicted molar refractivity (Wildman–Crippen MR) is 109 cm³/mol. The van der Waals surface area contributed by atoms with E-state index >= 15 is 0 Å². The minimum absolute atomic E-state index is 0.207. The van der Waals surface area contributed by atoms with Gasteiger partial charge in [0.25, 0.3) is 5.56 Å². The van der Waals surface area contributed by atoms with Crippen LogP contribution in [0.2, 0.25) is 0 Å². The first-order chi connectivity index (χ1) is 13.3. The van der Waals surface area contributed by atoms with Crippen molar-refractivity contribution in [3.8, 4) is 0 Å². The first-order valence-corrected chi connectivity index (χ1v) is 10.3. The molecule has 10 nitrogen and oxygen atoms in total. The smallest absolute Gasteiger partial charge is 0.252 e. The van der Waals surface area contributed by atoms with E-state index in [1.54, 1.807) is 19.1 Å². The Kier molecular flexibility index (Phi) is 6.24. The number of H-pyrrole nitrogens is 1. The number of anilines is 2. The average Bonchev–Trinajstić information content (AvgIpc) is 2.67. The lowest BCUT2D eigenvalue weighted by Crippen LogP contribution is -2.40. The molecule has 1 aliphatic heterocycles. The third-order valence-corrected chi connectivity index (χ3v) is 6.00. The third-order valence-electron chi connectivity index (χ3n) is 3.88. The highest BCUT2D eigenvalue weighted by Gasteiger charge is 2.26. The van der Waals surface area contributed by atoms with Crippen LogP contribution >= 0.6 is 12.2 Å². The molecule has 2 heterocycles. The number of ether oxygens (including phenoxy) is 1. The van der Waals surface area contributed by atoms with Gasteiger partial charge < -0.3 is 10.1 Å². The number of aryl methyl sites for hydroxylation is 1. The fraction of sp³-hybridized carbons (Fsp3) is 0.312. The summed E-state index contributed by atoms with van der Waals surface area (Å²) in [5.41, 5.74) is 6.26. The summed E-state index contributed by atoms with van der Waals surface area (Å²) in [7, 11) is -3.54. The van der Waals surface area contributed by atoms with Crippen LogP contribution in [-0.2, 0) is 14.8 Å². The van der Waals surface area contributed by atoms with Gasteiger partial charge in [-0.2, -0.15) is 4.31 Å². The van der Waals surface area contributed by atoms with Gasteiger partial charge in [0.05, 0.1) is 18.1 Å². The number of thiocarbonyl (C=S) groups is 1. The number of hydrogen-bond acceptors (Lipinski definition) is 7. The molecule has 0 aliphatic carbocycles. The summed E-state index contributed by atoms with van der Waals surface area (Å²) < 4.78 is 31.8. The van der Waals surface area contributed by atoms with Crippen LogP contribution in [0.3, 0.4) is 0 Å². The van der Waals surface area contributed by atoms with Gasteiger partial charge in [0.2, 0.25) is 16.0 Å². The molecule has 3 rings (SSSR count). The summed E-state index contributed by atoms with van der Waals surface area (Å²) in [6.45, 7) is 3.18. The van der Waals surface area contributed by atoms with E-state index in [2.05, 4.69) is 26.1 Å². The van der Waals surface area contributed by atoms with E-state index in [1.807, 2.05) is 0 Å². The van der Waals surface area contributed by atoms with Gasteiger partial charge in [-0.1, -0.05) is 0 Å². The van der Waals surface area contributed by atoms with E-state index in [-0.39, 0.29) is 21.5 Å². The number of sulfonamides is 1. The summed E-state index contributed by atoms with van der Waals surface area (Å²) in [5.74, 6) is 0.223. The van der Waals surface area contributed by atoms with Crippen LogP contribution in [0.15, 0.2) is 40.0 Å². The summed E-state index contributed by atoms with van der Waals surface area (Å²) >= 11 is 5.16. The Bertz CT molecular complexity index is 1000. The number of hydrazine groups is 1. The van der Waals surface area contributed by atoms with Crippen LogP contribution in [0.1, 0.15) is 5.69 Å². The van der Waals surface area contributed by atoms with E-state index in [4.69, 9.17) is 17.0 Å². The highest BCUT2D eigenvalue weighted by molar-refractivity contribution is 7.89. The zero-order chi connectivity index (χ0) is 20.1. The molecular weight excluding hydrogens is 404 g/mol. The Balaban J connectivity index is 1.59. The molecule has 1 saturated heterocycles. The fourth-order valence-electron chi connectivity index (χ4n) is 2.56. The van der Waals surface area contributed by atoms with Gasteiger partial charge >= 0.3 is 0 Å². The lowest BCUT2D eigenvalue weighted by molar-refractivity contribution is 0.0730. The monoisotopic (exact) mass is 424 g/mol. The SMILES string of the molecule is Cc1cc(=O)[nH]c(NNC(=S)Nc2ccc(S(=O)(=O)N3CCOCC3)cc2)n1. The van der Waals surface area contributed by atoms with Crippen molar-refractivity contribution in [3.63, 3.8) is 0 Å². The Morgan fingerprint density at radius 1 is 1.25 bits per heavy atom. The van der Waals surface area contributed by atoms with Crippen LogP contribution in [0.25, 0.3) is 0 Å². The van der Waals surface area contributed by atoms with Crippen LogP contribution in [-0.4, -0.2) is 54.1 Å². The molecule has 150 valence electrons. The number of nitrogens with zero attached hydrogens (tertiary/aromatic N) is 2. The molecule has 0 amide bonds. The van der Waals surface area contributed by atoms with Gasteiger partial charge in [0, 0.05) is 30.5 Å². The van der Waals surface area contributed by atoms with Crippen molar-refractivity contribution in [2.75, 3.05) is 37.0 Å². The molecule has 12 heteroatoms. The van der Waals surface area contributed by atoms with Gasteiger partial charge in [-0.3, -0.25) is 20.6 Å². The molecule has 1 aliphatic rings. The van der Waals surface area contributed by atoms with Gasteiger partial charge in [0.15, 0.2) is 5.11 Å². The van der Waals surface area contributed by atoms with Crippen LogP contribution < -0.4 is 21.7 Å². The minimum atomic E-state index is -3.54. The Morgan fingerprint density at radius 3 is 2.57 bits per heavy atom. The van der Waals surface area contributed by atoms with Crippen molar-refractivity contribution in [2.45, 2.75) is 11.8 Å². The summed E-state index contributed by atoms with van der Waals surface area (Å²) in [4.78, 5) is 18.2. The molecule has 0 spiro atoms.